The minimum Gasteiger partial charge on any atom is -0.324 e. The van der Waals surface area contributed by atoms with Gasteiger partial charge in [0, 0.05) is 25.0 Å². The number of para-hydroxylation sites is 1. The van der Waals surface area contributed by atoms with Gasteiger partial charge in [0.15, 0.2) is 0 Å². The smallest absolute Gasteiger partial charge is 0.111 e. The lowest BCUT2D eigenvalue weighted by molar-refractivity contribution is 0.632. The Bertz CT molecular complexity index is 611. The van der Waals surface area contributed by atoms with Gasteiger partial charge in [-0.25, -0.2) is 4.98 Å². The van der Waals surface area contributed by atoms with Crippen LogP contribution in [0.25, 0.3) is 11.0 Å². The van der Waals surface area contributed by atoms with Crippen molar-refractivity contribution in [3.05, 3.63) is 29.0 Å². The normalized spacial score (nSPS) is 19.2. The van der Waals surface area contributed by atoms with Crippen LogP contribution in [0, 0.1) is 0 Å². The van der Waals surface area contributed by atoms with Gasteiger partial charge in [-0.05, 0) is 37.8 Å². The number of aromatic nitrogens is 2. The molecule has 2 saturated carbocycles. The molecule has 2 aliphatic carbocycles. The molecule has 0 bridgehead atoms. The first kappa shape index (κ1) is 11.7. The number of benzene rings is 1. The maximum absolute atomic E-state index is 6.37. The largest absolute Gasteiger partial charge is 0.324 e. The predicted octanol–water partition coefficient (Wildman–Crippen LogP) is 3.32. The molecular weight excluding hydrogens is 258 g/mol. The lowest BCUT2D eigenvalue weighted by Crippen LogP contribution is -2.20. The summed E-state index contributed by atoms with van der Waals surface area (Å²) in [6, 6.07) is 7.42. The standard InChI is InChI=1S/C15H18ClN3/c16-12-2-1-3-13-15(12)19(11-6-7-11)14(18-13)8-9-17-10-4-5-10/h1-3,10-11,17H,4-9H2. The fraction of sp³-hybridized carbons (Fsp3) is 0.533. The molecule has 100 valence electrons. The Morgan fingerprint density at radius 2 is 2.11 bits per heavy atom. The van der Waals surface area contributed by atoms with Crippen molar-refractivity contribution < 1.29 is 0 Å². The number of halogens is 1. The van der Waals surface area contributed by atoms with Crippen LogP contribution in [0.4, 0.5) is 0 Å². The van der Waals surface area contributed by atoms with Crippen LogP contribution in [0.1, 0.15) is 37.5 Å². The van der Waals surface area contributed by atoms with Gasteiger partial charge >= 0.3 is 0 Å². The molecule has 1 aromatic heterocycles. The highest BCUT2D eigenvalue weighted by Crippen LogP contribution is 2.40. The zero-order chi connectivity index (χ0) is 12.8. The summed E-state index contributed by atoms with van der Waals surface area (Å²) in [5, 5.41) is 4.40. The maximum atomic E-state index is 6.37. The molecule has 2 aromatic rings. The second kappa shape index (κ2) is 4.50. The Morgan fingerprint density at radius 1 is 1.26 bits per heavy atom. The van der Waals surface area contributed by atoms with E-state index in [2.05, 4.69) is 16.0 Å². The highest BCUT2D eigenvalue weighted by molar-refractivity contribution is 6.35. The van der Waals surface area contributed by atoms with Crippen molar-refractivity contribution in [3.63, 3.8) is 0 Å². The highest BCUT2D eigenvalue weighted by atomic mass is 35.5. The molecule has 1 aromatic carbocycles. The Labute approximate surface area is 118 Å². The molecule has 0 radical (unpaired) electrons. The molecule has 19 heavy (non-hydrogen) atoms. The maximum Gasteiger partial charge on any atom is 0.111 e. The molecule has 4 heteroatoms. The number of nitrogens with zero attached hydrogens (tertiary/aromatic N) is 2. The van der Waals surface area contributed by atoms with E-state index in [1.54, 1.807) is 0 Å². The van der Waals surface area contributed by atoms with Crippen LogP contribution in [-0.4, -0.2) is 22.1 Å². The van der Waals surface area contributed by atoms with E-state index in [1.165, 1.54) is 31.5 Å². The van der Waals surface area contributed by atoms with Gasteiger partial charge in [0.2, 0.25) is 0 Å². The molecule has 3 nitrogen and oxygen atoms in total. The van der Waals surface area contributed by atoms with E-state index in [1.807, 2.05) is 12.1 Å². The summed E-state index contributed by atoms with van der Waals surface area (Å²) in [6.45, 7) is 1.03. The van der Waals surface area contributed by atoms with Gasteiger partial charge < -0.3 is 9.88 Å². The van der Waals surface area contributed by atoms with Crippen LogP contribution in [0.3, 0.4) is 0 Å². The first-order valence-corrected chi connectivity index (χ1v) is 7.59. The summed E-state index contributed by atoms with van der Waals surface area (Å²) in [6.07, 6.45) is 6.20. The molecule has 4 rings (SSSR count). The molecule has 0 spiro atoms. The molecule has 1 heterocycles. The summed E-state index contributed by atoms with van der Waals surface area (Å²) in [4.78, 5) is 4.79. The van der Waals surface area contributed by atoms with Crippen molar-refractivity contribution in [3.8, 4) is 0 Å². The Hall–Kier alpha value is -1.06. The lowest BCUT2D eigenvalue weighted by Gasteiger charge is -2.08. The number of imidazole rings is 1. The van der Waals surface area contributed by atoms with Gasteiger partial charge in [-0.1, -0.05) is 17.7 Å². The van der Waals surface area contributed by atoms with Crippen LogP contribution >= 0.6 is 11.6 Å². The number of nitrogens with one attached hydrogen (secondary N) is 1. The Balaban J connectivity index is 1.67. The van der Waals surface area contributed by atoms with Crippen LogP contribution in [0.2, 0.25) is 5.02 Å². The first-order chi connectivity index (χ1) is 9.33. The summed E-state index contributed by atoms with van der Waals surface area (Å²) >= 11 is 6.37. The summed E-state index contributed by atoms with van der Waals surface area (Å²) < 4.78 is 2.38. The molecule has 0 unspecified atom stereocenters. The quantitative estimate of drug-likeness (QED) is 0.907. The van der Waals surface area contributed by atoms with E-state index in [0.29, 0.717) is 6.04 Å². The average Bonchev–Trinajstić information content (AvgIpc) is 3.29. The van der Waals surface area contributed by atoms with E-state index >= 15 is 0 Å². The zero-order valence-electron chi connectivity index (χ0n) is 10.9. The summed E-state index contributed by atoms with van der Waals surface area (Å²) in [5.74, 6) is 1.19. The van der Waals surface area contributed by atoms with Gasteiger partial charge in [0.25, 0.3) is 0 Å². The summed E-state index contributed by atoms with van der Waals surface area (Å²) in [7, 11) is 0. The van der Waals surface area contributed by atoms with Crippen molar-refractivity contribution in [2.45, 2.75) is 44.2 Å². The number of hydrogen-bond donors (Lipinski definition) is 1. The third-order valence-corrected chi connectivity index (χ3v) is 4.31. The fourth-order valence-electron chi connectivity index (χ4n) is 2.73. The number of hydrogen-bond acceptors (Lipinski definition) is 2. The van der Waals surface area contributed by atoms with E-state index in [9.17, 15) is 0 Å². The lowest BCUT2D eigenvalue weighted by atomic mass is 10.3. The Morgan fingerprint density at radius 3 is 2.84 bits per heavy atom. The molecule has 0 amide bonds. The number of rotatable bonds is 5. The first-order valence-electron chi connectivity index (χ1n) is 7.21. The van der Waals surface area contributed by atoms with Crippen molar-refractivity contribution in [1.82, 2.24) is 14.9 Å². The van der Waals surface area contributed by atoms with E-state index < -0.39 is 0 Å². The predicted molar refractivity (Wildman–Crippen MR) is 77.7 cm³/mol. The Kier molecular flexibility index (Phi) is 2.78. The van der Waals surface area contributed by atoms with Crippen LogP contribution < -0.4 is 5.32 Å². The summed E-state index contributed by atoms with van der Waals surface area (Å²) in [5.41, 5.74) is 2.17. The molecule has 0 aliphatic heterocycles. The second-order valence-electron chi connectivity index (χ2n) is 5.72. The fourth-order valence-corrected chi connectivity index (χ4v) is 2.99. The third-order valence-electron chi connectivity index (χ3n) is 4.00. The van der Waals surface area contributed by atoms with Crippen molar-refractivity contribution >= 4 is 22.6 Å². The molecule has 0 atom stereocenters. The van der Waals surface area contributed by atoms with Crippen LogP contribution in [-0.2, 0) is 6.42 Å². The van der Waals surface area contributed by atoms with Gasteiger partial charge in [-0.2, -0.15) is 0 Å². The highest BCUT2D eigenvalue weighted by Gasteiger charge is 2.29. The van der Waals surface area contributed by atoms with Crippen molar-refractivity contribution in [2.75, 3.05) is 6.54 Å². The minimum absolute atomic E-state index is 0.626. The molecule has 0 saturated heterocycles. The second-order valence-corrected chi connectivity index (χ2v) is 6.12. The van der Waals surface area contributed by atoms with Gasteiger partial charge in [-0.15, -0.1) is 0 Å². The van der Waals surface area contributed by atoms with Crippen molar-refractivity contribution in [2.24, 2.45) is 0 Å². The number of fused-ring (bicyclic) bond motifs is 1. The van der Waals surface area contributed by atoms with Crippen LogP contribution in [0.5, 0.6) is 0 Å². The van der Waals surface area contributed by atoms with Crippen molar-refractivity contribution in [1.29, 1.82) is 0 Å². The SMILES string of the molecule is Clc1cccc2nc(CCNC3CC3)n(C3CC3)c12. The molecular formula is C15H18ClN3. The minimum atomic E-state index is 0.626. The monoisotopic (exact) mass is 275 g/mol. The zero-order valence-corrected chi connectivity index (χ0v) is 11.7. The van der Waals surface area contributed by atoms with Crippen LogP contribution in [0.15, 0.2) is 18.2 Å². The molecule has 1 N–H and O–H groups in total. The van der Waals surface area contributed by atoms with Gasteiger partial charge in [0.1, 0.15) is 5.82 Å². The van der Waals surface area contributed by atoms with Gasteiger partial charge in [-0.3, -0.25) is 0 Å². The van der Waals surface area contributed by atoms with Gasteiger partial charge in [0.05, 0.1) is 16.1 Å². The molecule has 2 fully saturated rings. The average molecular weight is 276 g/mol. The molecule has 2 aliphatic rings. The van der Waals surface area contributed by atoms with E-state index in [0.717, 1.165) is 35.1 Å². The van der Waals surface area contributed by atoms with E-state index in [-0.39, 0.29) is 0 Å². The third kappa shape index (κ3) is 2.26. The topological polar surface area (TPSA) is 29.9 Å². The van der Waals surface area contributed by atoms with E-state index in [4.69, 9.17) is 16.6 Å².